The first-order chi connectivity index (χ1) is 13.3. The minimum absolute atomic E-state index is 0.0243. The summed E-state index contributed by atoms with van der Waals surface area (Å²) in [5.41, 5.74) is 2.71. The highest BCUT2D eigenvalue weighted by Gasteiger charge is 2.09. The molecule has 0 saturated carbocycles. The van der Waals surface area contributed by atoms with Gasteiger partial charge in [-0.2, -0.15) is 0 Å². The van der Waals surface area contributed by atoms with Gasteiger partial charge in [0.05, 0.1) is 10.6 Å². The Morgan fingerprint density at radius 1 is 1.29 bits per heavy atom. The largest absolute Gasteiger partial charge is 0.484 e. The van der Waals surface area contributed by atoms with E-state index in [1.807, 2.05) is 13.8 Å². The molecule has 2 rings (SSSR count). The zero-order valence-corrected chi connectivity index (χ0v) is 16.4. The van der Waals surface area contributed by atoms with Crippen molar-refractivity contribution in [2.45, 2.75) is 20.3 Å². The second-order valence-corrected chi connectivity index (χ2v) is 6.56. The lowest BCUT2D eigenvalue weighted by molar-refractivity contribution is -0.122. The number of hydrogen-bond donors (Lipinski definition) is 2. The molecule has 28 heavy (non-hydrogen) atoms. The van der Waals surface area contributed by atoms with Gasteiger partial charge in [0, 0.05) is 36.6 Å². The van der Waals surface area contributed by atoms with E-state index >= 15 is 0 Å². The van der Waals surface area contributed by atoms with Gasteiger partial charge in [-0.25, -0.2) is 4.39 Å². The summed E-state index contributed by atoms with van der Waals surface area (Å²) in [6, 6.07) is 5.67. The van der Waals surface area contributed by atoms with Crippen LogP contribution in [0.3, 0.4) is 0 Å². The lowest BCUT2D eigenvalue weighted by atomic mass is 10.1. The summed E-state index contributed by atoms with van der Waals surface area (Å²) >= 11 is 5.58. The lowest BCUT2D eigenvalue weighted by Crippen LogP contribution is -2.31. The third kappa shape index (κ3) is 6.35. The van der Waals surface area contributed by atoms with Gasteiger partial charge < -0.3 is 15.4 Å². The number of pyridine rings is 1. The minimum Gasteiger partial charge on any atom is -0.484 e. The van der Waals surface area contributed by atoms with Gasteiger partial charge in [-0.3, -0.25) is 14.6 Å². The summed E-state index contributed by atoms with van der Waals surface area (Å²) in [5.74, 6) is -1.12. The Hall–Kier alpha value is -2.93. The first-order valence-corrected chi connectivity index (χ1v) is 8.91. The Kier molecular flexibility index (Phi) is 7.52. The second kappa shape index (κ2) is 9.85. The predicted molar refractivity (Wildman–Crippen MR) is 105 cm³/mol. The van der Waals surface area contributed by atoms with Gasteiger partial charge in [0.2, 0.25) is 0 Å². The van der Waals surface area contributed by atoms with Crippen LogP contribution in [0, 0.1) is 19.7 Å². The summed E-state index contributed by atoms with van der Waals surface area (Å²) in [4.78, 5) is 28.1. The van der Waals surface area contributed by atoms with Gasteiger partial charge in [-0.15, -0.1) is 0 Å². The fourth-order valence-corrected chi connectivity index (χ4v) is 2.33. The van der Waals surface area contributed by atoms with Crippen LogP contribution >= 0.6 is 11.6 Å². The highest BCUT2D eigenvalue weighted by molar-refractivity contribution is 6.30. The molecule has 0 fully saturated rings. The number of hydrogen-bond acceptors (Lipinski definition) is 4. The molecule has 1 heterocycles. The predicted octanol–water partition coefficient (Wildman–Crippen LogP) is 3.32. The number of nitrogens with zero attached hydrogens (tertiary/aromatic N) is 1. The summed E-state index contributed by atoms with van der Waals surface area (Å²) in [5, 5.41) is 5.28. The number of rotatable bonds is 8. The lowest BCUT2D eigenvalue weighted by Gasteiger charge is -2.11. The number of halogens is 2. The van der Waals surface area contributed by atoms with Crippen LogP contribution in [-0.2, 0) is 4.79 Å². The molecular formula is C20H21ClFN3O3. The van der Waals surface area contributed by atoms with Gasteiger partial charge >= 0.3 is 0 Å². The Labute approximate surface area is 167 Å². The Morgan fingerprint density at radius 2 is 2.04 bits per heavy atom. The van der Waals surface area contributed by atoms with Crippen LogP contribution in [-0.4, -0.2) is 29.9 Å². The summed E-state index contributed by atoms with van der Waals surface area (Å²) in [7, 11) is 0. The fourth-order valence-electron chi connectivity index (χ4n) is 2.21. The molecule has 2 amide bonds. The van der Waals surface area contributed by atoms with Gasteiger partial charge in [0.15, 0.2) is 6.61 Å². The monoisotopic (exact) mass is 405 g/mol. The Balaban J connectivity index is 1.71. The molecule has 2 N–H and O–H groups in total. The standard InChI is InChI=1S/C20H21ClFN3O3/c1-12-8-15(10-24-14(12)3)20(27)23-7-6-13(2)25-19(26)11-28-16-4-5-17(21)18(22)9-16/h4-5,8-10H,2,6-7,11H2,1,3H3,(H,23,27)(H,25,26). The summed E-state index contributed by atoms with van der Waals surface area (Å²) in [6.07, 6.45) is 1.87. The molecule has 1 aromatic heterocycles. The Bertz CT molecular complexity index is 902. The smallest absolute Gasteiger partial charge is 0.262 e. The highest BCUT2D eigenvalue weighted by Crippen LogP contribution is 2.20. The van der Waals surface area contributed by atoms with E-state index in [-0.39, 0.29) is 23.3 Å². The van der Waals surface area contributed by atoms with Crippen molar-refractivity contribution in [2.24, 2.45) is 0 Å². The average molecular weight is 406 g/mol. The van der Waals surface area contributed by atoms with Crippen molar-refractivity contribution >= 4 is 23.4 Å². The molecular weight excluding hydrogens is 385 g/mol. The maximum absolute atomic E-state index is 13.3. The maximum atomic E-state index is 13.3. The van der Waals surface area contributed by atoms with Crippen LogP contribution in [0.15, 0.2) is 42.7 Å². The number of benzene rings is 1. The third-order valence-electron chi connectivity index (χ3n) is 3.89. The van der Waals surface area contributed by atoms with Crippen molar-refractivity contribution in [1.82, 2.24) is 15.6 Å². The fraction of sp³-hybridized carbons (Fsp3) is 0.250. The van der Waals surface area contributed by atoms with E-state index in [1.54, 1.807) is 6.07 Å². The van der Waals surface area contributed by atoms with E-state index in [0.29, 0.717) is 24.2 Å². The van der Waals surface area contributed by atoms with Crippen molar-refractivity contribution in [3.8, 4) is 5.75 Å². The molecule has 0 atom stereocenters. The molecule has 2 aromatic rings. The second-order valence-electron chi connectivity index (χ2n) is 6.15. The van der Waals surface area contributed by atoms with Crippen LogP contribution in [0.25, 0.3) is 0 Å². The van der Waals surface area contributed by atoms with Crippen molar-refractivity contribution in [1.29, 1.82) is 0 Å². The molecule has 0 saturated heterocycles. The molecule has 1 aromatic carbocycles. The molecule has 0 aliphatic rings. The molecule has 148 valence electrons. The molecule has 0 spiro atoms. The number of ether oxygens (including phenoxy) is 1. The molecule has 8 heteroatoms. The number of carbonyl (C=O) groups is 2. The quantitative estimate of drug-likeness (QED) is 0.706. The molecule has 0 aliphatic heterocycles. The Morgan fingerprint density at radius 3 is 2.71 bits per heavy atom. The number of carbonyl (C=O) groups excluding carboxylic acids is 2. The van der Waals surface area contributed by atoms with Crippen LogP contribution in [0.2, 0.25) is 5.02 Å². The molecule has 6 nitrogen and oxygen atoms in total. The van der Waals surface area contributed by atoms with Gasteiger partial charge in [0.1, 0.15) is 11.6 Å². The highest BCUT2D eigenvalue weighted by atomic mass is 35.5. The van der Waals surface area contributed by atoms with Crippen LogP contribution in [0.4, 0.5) is 4.39 Å². The number of aryl methyl sites for hydroxylation is 2. The van der Waals surface area contributed by atoms with Crippen LogP contribution < -0.4 is 15.4 Å². The SMILES string of the molecule is C=C(CCNC(=O)c1cnc(C)c(C)c1)NC(=O)COc1ccc(Cl)c(F)c1. The zero-order chi connectivity index (χ0) is 20.7. The van der Waals surface area contributed by atoms with Crippen molar-refractivity contribution in [3.05, 3.63) is 70.4 Å². The topological polar surface area (TPSA) is 80.3 Å². The van der Waals surface area contributed by atoms with E-state index in [4.69, 9.17) is 16.3 Å². The molecule has 0 unspecified atom stereocenters. The zero-order valence-electron chi connectivity index (χ0n) is 15.6. The van der Waals surface area contributed by atoms with E-state index in [0.717, 1.165) is 17.3 Å². The number of amides is 2. The third-order valence-corrected chi connectivity index (χ3v) is 4.20. The first kappa shape index (κ1) is 21.4. The minimum atomic E-state index is -0.626. The first-order valence-electron chi connectivity index (χ1n) is 8.53. The van der Waals surface area contributed by atoms with Gasteiger partial charge in [-0.1, -0.05) is 18.2 Å². The van der Waals surface area contributed by atoms with E-state index < -0.39 is 11.7 Å². The van der Waals surface area contributed by atoms with Crippen molar-refractivity contribution in [2.75, 3.05) is 13.2 Å². The van der Waals surface area contributed by atoms with Crippen molar-refractivity contribution in [3.63, 3.8) is 0 Å². The van der Waals surface area contributed by atoms with Crippen LogP contribution in [0.5, 0.6) is 5.75 Å². The maximum Gasteiger partial charge on any atom is 0.262 e. The number of aromatic nitrogens is 1. The van der Waals surface area contributed by atoms with Gasteiger partial charge in [-0.05, 0) is 37.6 Å². The van der Waals surface area contributed by atoms with E-state index in [2.05, 4.69) is 22.2 Å². The molecule has 0 radical (unpaired) electrons. The van der Waals surface area contributed by atoms with E-state index in [9.17, 15) is 14.0 Å². The summed E-state index contributed by atoms with van der Waals surface area (Å²) < 4.78 is 18.5. The molecule has 0 aliphatic carbocycles. The van der Waals surface area contributed by atoms with E-state index in [1.165, 1.54) is 18.3 Å². The number of nitrogens with one attached hydrogen (secondary N) is 2. The summed E-state index contributed by atoms with van der Waals surface area (Å²) in [6.45, 7) is 7.49. The molecule has 0 bridgehead atoms. The van der Waals surface area contributed by atoms with Crippen molar-refractivity contribution < 1.29 is 18.7 Å². The average Bonchev–Trinajstić information content (AvgIpc) is 2.64. The normalized spacial score (nSPS) is 10.3. The van der Waals surface area contributed by atoms with Gasteiger partial charge in [0.25, 0.3) is 11.8 Å². The van der Waals surface area contributed by atoms with Crippen LogP contribution in [0.1, 0.15) is 28.0 Å².